The van der Waals surface area contributed by atoms with Gasteiger partial charge in [-0.1, -0.05) is 0 Å². The molecular weight excluding hydrogens is 298 g/mol. The Balaban J connectivity index is 1.49. The Bertz CT molecular complexity index is 666. The third-order valence-electron chi connectivity index (χ3n) is 3.87. The summed E-state index contributed by atoms with van der Waals surface area (Å²) in [5.41, 5.74) is 1.03. The number of carbonyl (C=O) groups is 1. The van der Waals surface area contributed by atoms with E-state index >= 15 is 0 Å². The van der Waals surface area contributed by atoms with Gasteiger partial charge in [-0.3, -0.25) is 14.2 Å². The molecule has 0 aromatic carbocycles. The standard InChI is InChI=1S/C15H21N5O3/c1-19-8-12(7-17-19)23-14-10-22-9-13(14)18-15(21)4-3-11-5-6-16-20(11)2/h5-8,13-14H,3-4,9-10H2,1-2H3,(H,18,21)/t13-,14+/m0/s1. The van der Waals surface area contributed by atoms with Gasteiger partial charge >= 0.3 is 0 Å². The third kappa shape index (κ3) is 3.89. The quantitative estimate of drug-likeness (QED) is 0.813. The van der Waals surface area contributed by atoms with Crippen molar-refractivity contribution >= 4 is 5.91 Å². The SMILES string of the molecule is Cn1cc(O[C@@H]2COC[C@@H]2NC(=O)CCc2ccnn2C)cn1. The molecule has 2 atom stereocenters. The summed E-state index contributed by atoms with van der Waals surface area (Å²) < 4.78 is 14.7. The molecule has 2 aromatic rings. The van der Waals surface area contributed by atoms with Crippen LogP contribution in [0.15, 0.2) is 24.7 Å². The van der Waals surface area contributed by atoms with E-state index in [0.29, 0.717) is 31.8 Å². The van der Waals surface area contributed by atoms with Gasteiger partial charge in [-0.2, -0.15) is 10.2 Å². The van der Waals surface area contributed by atoms with Crippen LogP contribution in [0.1, 0.15) is 12.1 Å². The minimum Gasteiger partial charge on any atom is -0.482 e. The Morgan fingerprint density at radius 3 is 3.00 bits per heavy atom. The molecule has 1 aliphatic heterocycles. The summed E-state index contributed by atoms with van der Waals surface area (Å²) >= 11 is 0. The lowest BCUT2D eigenvalue weighted by atomic mass is 10.2. The lowest BCUT2D eigenvalue weighted by Gasteiger charge is -2.19. The van der Waals surface area contributed by atoms with Gasteiger partial charge in [0, 0.05) is 32.4 Å². The molecule has 3 heterocycles. The van der Waals surface area contributed by atoms with Gasteiger partial charge in [-0.15, -0.1) is 0 Å². The molecule has 8 nitrogen and oxygen atoms in total. The van der Waals surface area contributed by atoms with Crippen LogP contribution in [0.2, 0.25) is 0 Å². The average Bonchev–Trinajstić information content (AvgIpc) is 3.22. The Labute approximate surface area is 134 Å². The van der Waals surface area contributed by atoms with E-state index < -0.39 is 0 Å². The first kappa shape index (κ1) is 15.5. The van der Waals surface area contributed by atoms with Gasteiger partial charge in [0.1, 0.15) is 6.10 Å². The number of nitrogens with one attached hydrogen (secondary N) is 1. The second-order valence-corrected chi connectivity index (χ2v) is 5.66. The normalized spacial score (nSPS) is 20.6. The van der Waals surface area contributed by atoms with Gasteiger partial charge in [0.05, 0.1) is 31.6 Å². The predicted molar refractivity (Wildman–Crippen MR) is 81.9 cm³/mol. The zero-order chi connectivity index (χ0) is 16.2. The van der Waals surface area contributed by atoms with E-state index in [2.05, 4.69) is 15.5 Å². The molecule has 0 unspecified atom stereocenters. The lowest BCUT2D eigenvalue weighted by Crippen LogP contribution is -2.45. The van der Waals surface area contributed by atoms with Crippen molar-refractivity contribution in [2.75, 3.05) is 13.2 Å². The minimum atomic E-state index is -0.195. The fraction of sp³-hybridized carbons (Fsp3) is 0.533. The number of hydrogen-bond acceptors (Lipinski definition) is 5. The highest BCUT2D eigenvalue weighted by molar-refractivity contribution is 5.76. The molecule has 0 aliphatic carbocycles. The number of nitrogens with zero attached hydrogens (tertiary/aromatic N) is 4. The molecule has 1 amide bonds. The molecule has 1 fully saturated rings. The number of carbonyl (C=O) groups excluding carboxylic acids is 1. The van der Waals surface area contributed by atoms with Crippen LogP contribution in [0.25, 0.3) is 0 Å². The van der Waals surface area contributed by atoms with Crippen LogP contribution in [-0.2, 0) is 30.0 Å². The number of amides is 1. The summed E-state index contributed by atoms with van der Waals surface area (Å²) in [7, 11) is 3.70. The van der Waals surface area contributed by atoms with Crippen molar-refractivity contribution < 1.29 is 14.3 Å². The summed E-state index contributed by atoms with van der Waals surface area (Å²) in [5, 5.41) is 11.2. The van der Waals surface area contributed by atoms with E-state index in [4.69, 9.17) is 9.47 Å². The molecular formula is C15H21N5O3. The summed E-state index contributed by atoms with van der Waals surface area (Å²) in [6.07, 6.45) is 6.05. The number of rotatable bonds is 6. The first-order valence-electron chi connectivity index (χ1n) is 7.61. The molecule has 1 N–H and O–H groups in total. The minimum absolute atomic E-state index is 0.0125. The molecule has 0 spiro atoms. The highest BCUT2D eigenvalue weighted by atomic mass is 16.5. The van der Waals surface area contributed by atoms with Crippen LogP contribution in [0.5, 0.6) is 5.75 Å². The first-order valence-corrected chi connectivity index (χ1v) is 7.61. The zero-order valence-corrected chi connectivity index (χ0v) is 13.3. The van der Waals surface area contributed by atoms with Gasteiger partial charge in [0.15, 0.2) is 5.75 Å². The van der Waals surface area contributed by atoms with Crippen molar-refractivity contribution in [2.24, 2.45) is 14.1 Å². The summed E-state index contributed by atoms with van der Waals surface area (Å²) in [6.45, 7) is 0.921. The highest BCUT2D eigenvalue weighted by Crippen LogP contribution is 2.16. The van der Waals surface area contributed by atoms with E-state index in [9.17, 15) is 4.79 Å². The van der Waals surface area contributed by atoms with Gasteiger partial charge < -0.3 is 14.8 Å². The molecule has 3 rings (SSSR count). The third-order valence-corrected chi connectivity index (χ3v) is 3.87. The number of ether oxygens (including phenoxy) is 2. The highest BCUT2D eigenvalue weighted by Gasteiger charge is 2.31. The van der Waals surface area contributed by atoms with Crippen LogP contribution in [0.3, 0.4) is 0 Å². The average molecular weight is 319 g/mol. The second-order valence-electron chi connectivity index (χ2n) is 5.66. The predicted octanol–water partition coefficient (Wildman–Crippen LogP) is 0.0488. The van der Waals surface area contributed by atoms with E-state index in [1.54, 1.807) is 28.0 Å². The molecule has 1 saturated heterocycles. The topological polar surface area (TPSA) is 83.2 Å². The van der Waals surface area contributed by atoms with Crippen molar-refractivity contribution in [1.82, 2.24) is 24.9 Å². The number of hydrogen-bond donors (Lipinski definition) is 1. The summed E-state index contributed by atoms with van der Waals surface area (Å²) in [4.78, 5) is 12.1. The Kier molecular flexibility index (Phi) is 4.61. The van der Waals surface area contributed by atoms with E-state index in [1.807, 2.05) is 20.2 Å². The number of aromatic nitrogens is 4. The maximum absolute atomic E-state index is 12.1. The molecule has 0 saturated carbocycles. The van der Waals surface area contributed by atoms with Crippen LogP contribution in [0, 0.1) is 0 Å². The molecule has 0 radical (unpaired) electrons. The van der Waals surface area contributed by atoms with Crippen molar-refractivity contribution in [3.63, 3.8) is 0 Å². The van der Waals surface area contributed by atoms with E-state index in [-0.39, 0.29) is 18.1 Å². The largest absolute Gasteiger partial charge is 0.482 e. The van der Waals surface area contributed by atoms with E-state index in [0.717, 1.165) is 5.69 Å². The first-order chi connectivity index (χ1) is 11.1. The smallest absolute Gasteiger partial charge is 0.220 e. The van der Waals surface area contributed by atoms with Gasteiger partial charge in [0.2, 0.25) is 5.91 Å². The summed E-state index contributed by atoms with van der Waals surface area (Å²) in [6, 6.07) is 1.77. The molecule has 23 heavy (non-hydrogen) atoms. The molecule has 8 heteroatoms. The van der Waals surface area contributed by atoms with Crippen LogP contribution in [-0.4, -0.2) is 50.8 Å². The fourth-order valence-electron chi connectivity index (χ4n) is 2.59. The van der Waals surface area contributed by atoms with Crippen molar-refractivity contribution in [3.8, 4) is 5.75 Å². The monoisotopic (exact) mass is 319 g/mol. The van der Waals surface area contributed by atoms with Gasteiger partial charge in [-0.05, 0) is 12.5 Å². The molecule has 1 aliphatic rings. The molecule has 124 valence electrons. The van der Waals surface area contributed by atoms with Gasteiger partial charge in [-0.25, -0.2) is 0 Å². The van der Waals surface area contributed by atoms with Gasteiger partial charge in [0.25, 0.3) is 0 Å². The van der Waals surface area contributed by atoms with Crippen molar-refractivity contribution in [1.29, 1.82) is 0 Å². The maximum Gasteiger partial charge on any atom is 0.220 e. The zero-order valence-electron chi connectivity index (χ0n) is 13.3. The van der Waals surface area contributed by atoms with E-state index in [1.165, 1.54) is 0 Å². The van der Waals surface area contributed by atoms with Crippen molar-refractivity contribution in [3.05, 3.63) is 30.4 Å². The lowest BCUT2D eigenvalue weighted by molar-refractivity contribution is -0.122. The molecule has 0 bridgehead atoms. The maximum atomic E-state index is 12.1. The van der Waals surface area contributed by atoms with Crippen LogP contribution in [0.4, 0.5) is 0 Å². The van der Waals surface area contributed by atoms with Crippen LogP contribution >= 0.6 is 0 Å². The fourth-order valence-corrected chi connectivity index (χ4v) is 2.59. The second kappa shape index (κ2) is 6.82. The molecule has 2 aromatic heterocycles. The Hall–Kier alpha value is -2.35. The Morgan fingerprint density at radius 1 is 1.43 bits per heavy atom. The van der Waals surface area contributed by atoms with Crippen molar-refractivity contribution in [2.45, 2.75) is 25.0 Å². The number of aryl methyl sites for hydroxylation is 3. The summed E-state index contributed by atoms with van der Waals surface area (Å²) in [5.74, 6) is 0.665. The Morgan fingerprint density at radius 2 is 2.30 bits per heavy atom. The van der Waals surface area contributed by atoms with Crippen LogP contribution < -0.4 is 10.1 Å².